The maximum atomic E-state index is 2.49. The zero-order valence-electron chi connectivity index (χ0n) is 13.9. The highest BCUT2D eigenvalue weighted by Crippen LogP contribution is 2.30. The SMILES string of the molecule is Cc1cc(CC2CCCCC2)ccc1CC1CCCCC1. The fraction of sp³-hybridized carbons (Fsp3) is 0.714. The minimum absolute atomic E-state index is 0.960. The molecule has 3 rings (SSSR count). The van der Waals surface area contributed by atoms with Gasteiger partial charge in [-0.05, 0) is 48.3 Å². The Bertz CT molecular complexity index is 433. The number of hydrogen-bond donors (Lipinski definition) is 0. The number of hydrogen-bond acceptors (Lipinski definition) is 0. The van der Waals surface area contributed by atoms with Gasteiger partial charge in [-0.3, -0.25) is 0 Å². The Kier molecular flexibility index (Phi) is 5.38. The second-order valence-corrected chi connectivity index (χ2v) is 7.68. The minimum atomic E-state index is 0.960. The normalized spacial score (nSPS) is 21.6. The third kappa shape index (κ3) is 4.34. The van der Waals surface area contributed by atoms with Gasteiger partial charge >= 0.3 is 0 Å². The average molecular weight is 284 g/mol. The molecule has 0 spiro atoms. The summed E-state index contributed by atoms with van der Waals surface area (Å²) in [5.74, 6) is 1.92. The van der Waals surface area contributed by atoms with Gasteiger partial charge in [-0.1, -0.05) is 82.4 Å². The molecular weight excluding hydrogens is 252 g/mol. The number of benzene rings is 1. The Morgan fingerprint density at radius 2 is 1.33 bits per heavy atom. The summed E-state index contributed by atoms with van der Waals surface area (Å²) >= 11 is 0. The van der Waals surface area contributed by atoms with Crippen molar-refractivity contribution in [3.63, 3.8) is 0 Å². The lowest BCUT2D eigenvalue weighted by atomic mass is 9.82. The first-order valence-corrected chi connectivity index (χ1v) is 9.39. The smallest absolute Gasteiger partial charge is 0.0248 e. The van der Waals surface area contributed by atoms with Gasteiger partial charge in [0.1, 0.15) is 0 Å². The molecule has 0 unspecified atom stereocenters. The van der Waals surface area contributed by atoms with E-state index in [9.17, 15) is 0 Å². The van der Waals surface area contributed by atoms with Crippen LogP contribution in [0.1, 0.15) is 80.9 Å². The molecule has 116 valence electrons. The van der Waals surface area contributed by atoms with Crippen LogP contribution >= 0.6 is 0 Å². The van der Waals surface area contributed by atoms with Gasteiger partial charge in [-0.2, -0.15) is 0 Å². The Hall–Kier alpha value is -0.780. The van der Waals surface area contributed by atoms with Crippen molar-refractivity contribution >= 4 is 0 Å². The molecule has 2 fully saturated rings. The third-order valence-electron chi connectivity index (χ3n) is 5.89. The van der Waals surface area contributed by atoms with Gasteiger partial charge in [0, 0.05) is 0 Å². The molecule has 2 aliphatic rings. The van der Waals surface area contributed by atoms with Crippen LogP contribution in [0.25, 0.3) is 0 Å². The monoisotopic (exact) mass is 284 g/mol. The molecule has 0 heterocycles. The summed E-state index contributed by atoms with van der Waals surface area (Å²) in [6, 6.07) is 7.37. The first-order valence-electron chi connectivity index (χ1n) is 9.39. The first kappa shape index (κ1) is 15.1. The number of aryl methyl sites for hydroxylation is 1. The van der Waals surface area contributed by atoms with Crippen LogP contribution in [0.2, 0.25) is 0 Å². The Morgan fingerprint density at radius 1 is 0.762 bits per heavy atom. The molecule has 0 bridgehead atoms. The number of rotatable bonds is 4. The highest BCUT2D eigenvalue weighted by Gasteiger charge is 2.16. The fourth-order valence-corrected chi connectivity index (χ4v) is 4.54. The molecule has 0 radical (unpaired) electrons. The second-order valence-electron chi connectivity index (χ2n) is 7.68. The molecule has 0 atom stereocenters. The molecule has 0 aromatic heterocycles. The third-order valence-corrected chi connectivity index (χ3v) is 5.89. The van der Waals surface area contributed by atoms with Crippen molar-refractivity contribution in [2.75, 3.05) is 0 Å². The fourth-order valence-electron chi connectivity index (χ4n) is 4.54. The van der Waals surface area contributed by atoms with E-state index in [-0.39, 0.29) is 0 Å². The van der Waals surface area contributed by atoms with Crippen molar-refractivity contribution in [3.8, 4) is 0 Å². The van der Waals surface area contributed by atoms with E-state index in [4.69, 9.17) is 0 Å². The predicted molar refractivity (Wildman–Crippen MR) is 91.7 cm³/mol. The molecule has 2 aliphatic carbocycles. The van der Waals surface area contributed by atoms with Crippen LogP contribution in [-0.4, -0.2) is 0 Å². The van der Waals surface area contributed by atoms with E-state index in [0.29, 0.717) is 0 Å². The molecule has 0 heteroatoms. The largest absolute Gasteiger partial charge is 0.0587 e. The molecule has 0 nitrogen and oxygen atoms in total. The van der Waals surface area contributed by atoms with E-state index in [0.717, 1.165) is 11.8 Å². The lowest BCUT2D eigenvalue weighted by molar-refractivity contribution is 0.354. The first-order chi connectivity index (χ1) is 10.3. The van der Waals surface area contributed by atoms with E-state index >= 15 is 0 Å². The Balaban J connectivity index is 1.59. The molecular formula is C21H32. The van der Waals surface area contributed by atoms with Gasteiger partial charge in [0.05, 0.1) is 0 Å². The quantitative estimate of drug-likeness (QED) is 0.614. The van der Waals surface area contributed by atoms with E-state index in [1.165, 1.54) is 77.0 Å². The highest BCUT2D eigenvalue weighted by atomic mass is 14.2. The van der Waals surface area contributed by atoms with Crippen LogP contribution in [0.15, 0.2) is 18.2 Å². The zero-order valence-corrected chi connectivity index (χ0v) is 13.9. The topological polar surface area (TPSA) is 0 Å². The molecule has 0 N–H and O–H groups in total. The Labute approximate surface area is 131 Å². The predicted octanol–water partition coefficient (Wildman–Crippen LogP) is 6.24. The van der Waals surface area contributed by atoms with Crippen LogP contribution in [-0.2, 0) is 12.8 Å². The van der Waals surface area contributed by atoms with Crippen LogP contribution in [0.3, 0.4) is 0 Å². The van der Waals surface area contributed by atoms with Gasteiger partial charge in [0.2, 0.25) is 0 Å². The molecule has 0 saturated heterocycles. The zero-order chi connectivity index (χ0) is 14.5. The second kappa shape index (κ2) is 7.47. The maximum Gasteiger partial charge on any atom is -0.0248 e. The van der Waals surface area contributed by atoms with E-state index in [1.807, 2.05) is 0 Å². The van der Waals surface area contributed by atoms with Crippen molar-refractivity contribution in [1.82, 2.24) is 0 Å². The summed E-state index contributed by atoms with van der Waals surface area (Å²) in [5.41, 5.74) is 4.76. The lowest BCUT2D eigenvalue weighted by Gasteiger charge is -2.23. The van der Waals surface area contributed by atoms with E-state index < -0.39 is 0 Å². The van der Waals surface area contributed by atoms with Crippen LogP contribution in [0, 0.1) is 18.8 Å². The highest BCUT2D eigenvalue weighted by molar-refractivity contribution is 5.31. The van der Waals surface area contributed by atoms with Gasteiger partial charge < -0.3 is 0 Å². The summed E-state index contributed by atoms with van der Waals surface area (Å²) in [4.78, 5) is 0. The molecule has 2 saturated carbocycles. The van der Waals surface area contributed by atoms with Crippen molar-refractivity contribution in [3.05, 3.63) is 34.9 Å². The maximum absolute atomic E-state index is 2.49. The van der Waals surface area contributed by atoms with Crippen LogP contribution in [0.4, 0.5) is 0 Å². The summed E-state index contributed by atoms with van der Waals surface area (Å²) in [5, 5.41) is 0. The van der Waals surface area contributed by atoms with Crippen LogP contribution in [0.5, 0.6) is 0 Å². The lowest BCUT2D eigenvalue weighted by Crippen LogP contribution is -2.11. The molecule has 0 aliphatic heterocycles. The molecule has 1 aromatic rings. The van der Waals surface area contributed by atoms with Gasteiger partial charge in [-0.25, -0.2) is 0 Å². The van der Waals surface area contributed by atoms with Gasteiger partial charge in [0.25, 0.3) is 0 Å². The molecule has 0 amide bonds. The molecule has 1 aromatic carbocycles. The van der Waals surface area contributed by atoms with E-state index in [1.54, 1.807) is 16.7 Å². The van der Waals surface area contributed by atoms with E-state index in [2.05, 4.69) is 25.1 Å². The standard InChI is InChI=1S/C21H32/c1-17-14-20(15-18-8-4-2-5-9-18)12-13-21(17)16-19-10-6-3-7-11-19/h12-14,18-19H,2-11,15-16H2,1H3. The van der Waals surface area contributed by atoms with Crippen molar-refractivity contribution in [2.24, 2.45) is 11.8 Å². The summed E-state index contributed by atoms with van der Waals surface area (Å²) in [6.45, 7) is 2.34. The minimum Gasteiger partial charge on any atom is -0.0587 e. The van der Waals surface area contributed by atoms with Crippen molar-refractivity contribution < 1.29 is 0 Å². The average Bonchev–Trinajstić information content (AvgIpc) is 2.52. The summed E-state index contributed by atoms with van der Waals surface area (Å²) in [7, 11) is 0. The van der Waals surface area contributed by atoms with Crippen molar-refractivity contribution in [2.45, 2.75) is 84.0 Å². The van der Waals surface area contributed by atoms with Crippen molar-refractivity contribution in [1.29, 1.82) is 0 Å². The summed E-state index contributed by atoms with van der Waals surface area (Å²) in [6.07, 6.45) is 17.3. The molecule has 21 heavy (non-hydrogen) atoms. The van der Waals surface area contributed by atoms with Gasteiger partial charge in [0.15, 0.2) is 0 Å². The van der Waals surface area contributed by atoms with Gasteiger partial charge in [-0.15, -0.1) is 0 Å². The van der Waals surface area contributed by atoms with Crippen LogP contribution < -0.4 is 0 Å². The Morgan fingerprint density at radius 3 is 1.90 bits per heavy atom. The summed E-state index contributed by atoms with van der Waals surface area (Å²) < 4.78 is 0.